The predicted molar refractivity (Wildman–Crippen MR) is 137 cm³/mol. The molecule has 0 aromatic rings. The highest BCUT2D eigenvalue weighted by Gasteiger charge is 2.42. The highest BCUT2D eigenvalue weighted by Crippen LogP contribution is 2.45. The second kappa shape index (κ2) is 14.7. The summed E-state index contributed by atoms with van der Waals surface area (Å²) in [4.78, 5) is 32.7. The molecular weight excluding hydrogens is 498 g/mol. The van der Waals surface area contributed by atoms with Crippen molar-refractivity contribution in [3.05, 3.63) is 33.9 Å². The molecule has 1 aliphatic heterocycles. The Kier molecular flexibility index (Phi) is 12.3. The van der Waals surface area contributed by atoms with Crippen LogP contribution in [0.1, 0.15) is 66.2 Å². The fourth-order valence-corrected chi connectivity index (χ4v) is 5.30. The maximum atomic E-state index is 12.5. The van der Waals surface area contributed by atoms with Crippen LogP contribution < -0.4 is 0 Å². The zero-order valence-electron chi connectivity index (χ0n) is 22.6. The van der Waals surface area contributed by atoms with Crippen LogP contribution in [0.25, 0.3) is 0 Å². The van der Waals surface area contributed by atoms with Crippen molar-refractivity contribution >= 4 is 11.9 Å². The number of rotatable bonds is 9. The van der Waals surface area contributed by atoms with E-state index >= 15 is 0 Å². The molecule has 11 heteroatoms. The number of cyclic esters (lactones) is 1. The van der Waals surface area contributed by atoms with E-state index in [1.807, 2.05) is 13.8 Å². The number of fused-ring (bicyclic) bond motifs is 1. The van der Waals surface area contributed by atoms with Gasteiger partial charge in [0.15, 0.2) is 6.10 Å². The summed E-state index contributed by atoms with van der Waals surface area (Å²) in [5.74, 6) is 0.755. The van der Waals surface area contributed by atoms with Gasteiger partial charge in [0.05, 0.1) is 30.0 Å². The number of hydrogen-bond donors (Lipinski definition) is 4. The Labute approximate surface area is 223 Å². The van der Waals surface area contributed by atoms with E-state index in [9.17, 15) is 24.8 Å². The first-order valence-electron chi connectivity index (χ1n) is 13.5. The van der Waals surface area contributed by atoms with E-state index in [1.54, 1.807) is 0 Å². The van der Waals surface area contributed by atoms with Crippen LogP contribution in [-0.4, -0.2) is 74.5 Å². The summed E-state index contributed by atoms with van der Waals surface area (Å²) >= 11 is 0. The zero-order chi connectivity index (χ0) is 28.6. The lowest BCUT2D eigenvalue weighted by Gasteiger charge is -2.43. The van der Waals surface area contributed by atoms with Crippen molar-refractivity contribution in [3.63, 3.8) is 0 Å². The van der Waals surface area contributed by atoms with Gasteiger partial charge < -0.3 is 29.9 Å². The number of allylic oxidation sites excluding steroid dienone is 3. The van der Waals surface area contributed by atoms with Gasteiger partial charge in [0, 0.05) is 12.3 Å². The van der Waals surface area contributed by atoms with Crippen LogP contribution in [0.3, 0.4) is 0 Å². The summed E-state index contributed by atoms with van der Waals surface area (Å²) in [5, 5.41) is 44.2. The largest absolute Gasteiger partial charge is 0.462 e. The molecule has 2 aliphatic carbocycles. The third-order valence-electron chi connectivity index (χ3n) is 7.68. The topological polar surface area (TPSA) is 177 Å². The molecule has 0 bridgehead atoms. The highest BCUT2D eigenvalue weighted by atomic mass is 16.7. The average Bonchev–Trinajstić information content (AvgIpc) is 2.86. The molecule has 0 spiro atoms. The molecule has 0 saturated carbocycles. The highest BCUT2D eigenvalue weighted by molar-refractivity contribution is 5.72. The smallest absolute Gasteiger partial charge is 0.341 e. The van der Waals surface area contributed by atoms with Gasteiger partial charge in [0.1, 0.15) is 12.2 Å². The van der Waals surface area contributed by atoms with Crippen molar-refractivity contribution in [3.8, 4) is 0 Å². The minimum atomic E-state index is -2.09. The molecule has 1 heterocycles. The van der Waals surface area contributed by atoms with Gasteiger partial charge in [-0.25, -0.2) is 0 Å². The molecule has 1 saturated heterocycles. The minimum Gasteiger partial charge on any atom is -0.462 e. The molecule has 0 aromatic carbocycles. The summed E-state index contributed by atoms with van der Waals surface area (Å²) in [6, 6.07) is 0. The number of hydrogen-bond acceptors (Lipinski definition) is 10. The average molecular weight is 542 g/mol. The minimum absolute atomic E-state index is 0.0854. The Hall–Kier alpha value is -2.34. The fraction of sp³-hybridized carbons (Fsp3) is 0.778. The van der Waals surface area contributed by atoms with E-state index in [1.165, 1.54) is 5.57 Å². The molecule has 10 atom stereocenters. The number of nitro groups is 1. The van der Waals surface area contributed by atoms with E-state index in [-0.39, 0.29) is 42.4 Å². The molecule has 1 fully saturated rings. The van der Waals surface area contributed by atoms with Crippen molar-refractivity contribution in [1.29, 1.82) is 0 Å². The van der Waals surface area contributed by atoms with Gasteiger partial charge in [0.2, 0.25) is 0 Å². The van der Waals surface area contributed by atoms with Gasteiger partial charge in [-0.2, -0.15) is 0 Å². The lowest BCUT2D eigenvalue weighted by molar-refractivity contribution is -0.583. The van der Waals surface area contributed by atoms with Crippen LogP contribution in [0.2, 0.25) is 0 Å². The summed E-state index contributed by atoms with van der Waals surface area (Å²) in [7, 11) is 0. The molecule has 4 N–H and O–H groups in total. The normalized spacial score (nSPS) is 32.9. The number of ether oxygens (including phenoxy) is 2. The van der Waals surface area contributed by atoms with Crippen LogP contribution >= 0.6 is 0 Å². The van der Waals surface area contributed by atoms with Crippen LogP contribution in [0.5, 0.6) is 0 Å². The Morgan fingerprint density at radius 2 is 1.95 bits per heavy atom. The van der Waals surface area contributed by atoms with Gasteiger partial charge in [-0.1, -0.05) is 45.9 Å². The molecule has 3 unspecified atom stereocenters. The van der Waals surface area contributed by atoms with Crippen LogP contribution in [0.15, 0.2) is 23.8 Å². The molecule has 0 aromatic heterocycles. The van der Waals surface area contributed by atoms with Crippen molar-refractivity contribution in [2.75, 3.05) is 6.61 Å². The van der Waals surface area contributed by atoms with Crippen molar-refractivity contribution in [1.82, 2.24) is 0 Å². The summed E-state index contributed by atoms with van der Waals surface area (Å²) in [6.07, 6.45) is 5.92. The third kappa shape index (κ3) is 8.86. The molecule has 216 valence electrons. The maximum absolute atomic E-state index is 12.5. The first-order valence-corrected chi connectivity index (χ1v) is 13.5. The number of esters is 2. The van der Waals surface area contributed by atoms with Gasteiger partial charge in [-0.05, 0) is 49.0 Å². The predicted octanol–water partition coefficient (Wildman–Crippen LogP) is 2.13. The summed E-state index contributed by atoms with van der Waals surface area (Å²) in [5.41, 5.74) is 1.27. The Morgan fingerprint density at radius 3 is 2.50 bits per heavy atom. The third-order valence-corrected chi connectivity index (χ3v) is 7.68. The molecule has 0 radical (unpaired) electrons. The number of carbonyl (C=O) groups is 2. The van der Waals surface area contributed by atoms with Crippen molar-refractivity contribution in [2.24, 2.45) is 29.6 Å². The van der Waals surface area contributed by atoms with Crippen LogP contribution in [0.4, 0.5) is 0 Å². The van der Waals surface area contributed by atoms with Gasteiger partial charge >= 0.3 is 18.2 Å². The first-order chi connectivity index (χ1) is 17.9. The standard InChI is InChI=1S/C24H36O5.C3H7NO5/c1-5-15(3)24(27)29-21-11-14(2)10-17-7-6-16(4)20(23(17)21)9-8-19-12-18(25)13-22(26)28-19;5-1-2(6)3(7)4(8)9/h6-7,10,14-16,18-21,23,25H,5,8-9,11-13H2,1-4H3;2-3,5-7H,1H2/t14-,15?,16-,18+,19+,20-,21-,23-;/m0./s1. The molecule has 3 rings (SSSR count). The SMILES string of the molecule is CCC(C)C(=O)O[C@H]1C[C@@H](C)C=C2C=C[C@H](C)[C@H](CC[C@@H]3C[C@@H](O)CC(=O)O3)[C@H]21.O=[N+]([O-])C(O)C(O)CO. The fourth-order valence-electron chi connectivity index (χ4n) is 5.30. The van der Waals surface area contributed by atoms with Crippen LogP contribution in [-0.2, 0) is 19.1 Å². The lowest BCUT2D eigenvalue weighted by atomic mass is 9.65. The monoisotopic (exact) mass is 541 g/mol. The molecule has 3 aliphatic rings. The van der Waals surface area contributed by atoms with E-state index < -0.39 is 30.0 Å². The second-order valence-electron chi connectivity index (χ2n) is 10.8. The summed E-state index contributed by atoms with van der Waals surface area (Å²) < 4.78 is 11.5. The number of carbonyl (C=O) groups excluding carboxylic acids is 2. The quantitative estimate of drug-likeness (QED) is 0.146. The molecular formula is C27H43NO10. The zero-order valence-corrected chi connectivity index (χ0v) is 22.6. The van der Waals surface area contributed by atoms with E-state index in [0.29, 0.717) is 24.2 Å². The van der Waals surface area contributed by atoms with E-state index in [2.05, 4.69) is 32.1 Å². The van der Waals surface area contributed by atoms with Crippen molar-refractivity contribution in [2.45, 2.75) is 96.9 Å². The Bertz CT molecular complexity index is 874. The number of nitrogens with zero attached hydrogens (tertiary/aromatic N) is 1. The van der Waals surface area contributed by atoms with Gasteiger partial charge in [0.25, 0.3) is 0 Å². The van der Waals surface area contributed by atoms with Gasteiger partial charge in [-0.15, -0.1) is 0 Å². The Morgan fingerprint density at radius 1 is 1.26 bits per heavy atom. The van der Waals surface area contributed by atoms with Crippen molar-refractivity contribution < 1.29 is 44.4 Å². The van der Waals surface area contributed by atoms with E-state index in [4.69, 9.17) is 24.8 Å². The summed E-state index contributed by atoms with van der Waals surface area (Å²) in [6.45, 7) is 7.51. The van der Waals surface area contributed by atoms with Crippen LogP contribution in [0, 0.1) is 39.7 Å². The molecule has 11 nitrogen and oxygen atoms in total. The van der Waals surface area contributed by atoms with Gasteiger partial charge in [-0.3, -0.25) is 19.7 Å². The molecule has 0 amide bonds. The maximum Gasteiger partial charge on any atom is 0.341 e. The lowest BCUT2D eigenvalue weighted by Crippen LogP contribution is -2.42. The van der Waals surface area contributed by atoms with E-state index in [0.717, 1.165) is 25.7 Å². The molecule has 38 heavy (non-hydrogen) atoms. The first kappa shape index (κ1) is 31.9. The number of aliphatic hydroxyl groups is 4. The Balaban J connectivity index is 0.000000484. The second-order valence-corrected chi connectivity index (χ2v) is 10.8. The number of aliphatic hydroxyl groups excluding tert-OH is 4.